The van der Waals surface area contributed by atoms with Crippen LogP contribution >= 0.6 is 0 Å². The van der Waals surface area contributed by atoms with E-state index < -0.39 is 0 Å². The minimum Gasteiger partial charge on any atom is -0.322 e. The van der Waals surface area contributed by atoms with Crippen molar-refractivity contribution in [2.24, 2.45) is 12.8 Å². The summed E-state index contributed by atoms with van der Waals surface area (Å²) in [6.45, 7) is 2.17. The highest BCUT2D eigenvalue weighted by Gasteiger charge is 2.21. The van der Waals surface area contributed by atoms with Gasteiger partial charge in [-0.15, -0.1) is 0 Å². The molecule has 0 radical (unpaired) electrons. The molecule has 2 unspecified atom stereocenters. The zero-order valence-corrected chi connectivity index (χ0v) is 10.4. The summed E-state index contributed by atoms with van der Waals surface area (Å²) in [5, 5.41) is 4.18. The van der Waals surface area contributed by atoms with E-state index in [4.69, 9.17) is 5.73 Å². The maximum Gasteiger partial charge on any atom is 0.0554 e. The molecule has 0 saturated heterocycles. The van der Waals surface area contributed by atoms with E-state index in [1.807, 2.05) is 23.9 Å². The average Bonchev–Trinajstić information content (AvgIpc) is 2.77. The molecule has 1 aromatic carbocycles. The lowest BCUT2D eigenvalue weighted by atomic mass is 9.88. The third-order valence-corrected chi connectivity index (χ3v) is 3.30. The Bertz CT molecular complexity index is 461. The molecule has 1 heterocycles. The molecule has 3 nitrogen and oxygen atoms in total. The van der Waals surface area contributed by atoms with Crippen LogP contribution < -0.4 is 5.73 Å². The second kappa shape index (κ2) is 5.15. The molecular weight excluding hydrogens is 210 g/mol. The molecule has 2 N–H and O–H groups in total. The van der Waals surface area contributed by atoms with Crippen LogP contribution in [0.4, 0.5) is 0 Å². The molecule has 3 heteroatoms. The number of aromatic nitrogens is 2. The zero-order chi connectivity index (χ0) is 12.3. The van der Waals surface area contributed by atoms with E-state index in [0.29, 0.717) is 5.92 Å². The number of hydrogen-bond acceptors (Lipinski definition) is 2. The second-order valence-electron chi connectivity index (χ2n) is 4.33. The fraction of sp³-hybridized carbons (Fsp3) is 0.357. The molecule has 0 fully saturated rings. The first-order valence-corrected chi connectivity index (χ1v) is 6.02. The Labute approximate surface area is 102 Å². The van der Waals surface area contributed by atoms with Crippen LogP contribution in [0.3, 0.4) is 0 Å². The number of nitrogens with two attached hydrogens (primary N) is 1. The van der Waals surface area contributed by atoms with Crippen LogP contribution in [0.15, 0.2) is 42.6 Å². The summed E-state index contributed by atoms with van der Waals surface area (Å²) in [5.41, 5.74) is 8.75. The van der Waals surface area contributed by atoms with E-state index in [1.165, 1.54) is 5.56 Å². The van der Waals surface area contributed by atoms with Gasteiger partial charge >= 0.3 is 0 Å². The standard InChI is InChI=1S/C14H19N3/c1-3-12(11-7-5-4-6-8-11)14(15)13-9-10-16-17(13)2/h4-10,12,14H,3,15H2,1-2H3. The fourth-order valence-electron chi connectivity index (χ4n) is 2.31. The number of aryl methyl sites for hydroxylation is 1. The Kier molecular flexibility index (Phi) is 3.59. The van der Waals surface area contributed by atoms with Gasteiger partial charge in [-0.05, 0) is 18.1 Å². The molecule has 0 amide bonds. The molecule has 0 bridgehead atoms. The highest BCUT2D eigenvalue weighted by Crippen LogP contribution is 2.31. The molecule has 2 rings (SSSR count). The van der Waals surface area contributed by atoms with Crippen molar-refractivity contribution in [1.82, 2.24) is 9.78 Å². The minimum absolute atomic E-state index is 0.00472. The first-order chi connectivity index (χ1) is 8.24. The van der Waals surface area contributed by atoms with Crippen molar-refractivity contribution in [3.8, 4) is 0 Å². The first kappa shape index (κ1) is 11.9. The first-order valence-electron chi connectivity index (χ1n) is 6.02. The second-order valence-corrected chi connectivity index (χ2v) is 4.33. The summed E-state index contributed by atoms with van der Waals surface area (Å²) in [4.78, 5) is 0. The summed E-state index contributed by atoms with van der Waals surface area (Å²) >= 11 is 0. The van der Waals surface area contributed by atoms with Crippen LogP contribution in [0.25, 0.3) is 0 Å². The van der Waals surface area contributed by atoms with Gasteiger partial charge in [-0.25, -0.2) is 0 Å². The summed E-state index contributed by atoms with van der Waals surface area (Å²) in [7, 11) is 1.94. The molecular formula is C14H19N3. The Morgan fingerprint density at radius 2 is 1.94 bits per heavy atom. The van der Waals surface area contributed by atoms with E-state index in [9.17, 15) is 0 Å². The molecule has 1 aromatic heterocycles. The molecule has 17 heavy (non-hydrogen) atoms. The van der Waals surface area contributed by atoms with Gasteiger partial charge in [-0.2, -0.15) is 5.10 Å². The number of hydrogen-bond donors (Lipinski definition) is 1. The minimum atomic E-state index is -0.00472. The van der Waals surface area contributed by atoms with Crippen molar-refractivity contribution in [3.63, 3.8) is 0 Å². The van der Waals surface area contributed by atoms with Crippen molar-refractivity contribution >= 4 is 0 Å². The van der Waals surface area contributed by atoms with Gasteiger partial charge < -0.3 is 5.73 Å². The summed E-state index contributed by atoms with van der Waals surface area (Å²) in [6, 6.07) is 12.4. The van der Waals surface area contributed by atoms with Crippen LogP contribution in [0.1, 0.15) is 36.6 Å². The molecule has 0 spiro atoms. The third-order valence-electron chi connectivity index (χ3n) is 3.30. The lowest BCUT2D eigenvalue weighted by Gasteiger charge is -2.23. The third kappa shape index (κ3) is 2.39. The van der Waals surface area contributed by atoms with Crippen molar-refractivity contribution in [2.45, 2.75) is 25.3 Å². The molecule has 0 aliphatic heterocycles. The highest BCUT2D eigenvalue weighted by molar-refractivity contribution is 5.24. The van der Waals surface area contributed by atoms with Crippen LogP contribution in [0.5, 0.6) is 0 Å². The molecule has 0 aliphatic carbocycles. The molecule has 0 aliphatic rings. The fourth-order valence-corrected chi connectivity index (χ4v) is 2.31. The van der Waals surface area contributed by atoms with Gasteiger partial charge in [-0.1, -0.05) is 37.3 Å². The SMILES string of the molecule is CCC(c1ccccc1)C(N)c1ccnn1C. The smallest absolute Gasteiger partial charge is 0.0554 e. The van der Waals surface area contributed by atoms with Gasteiger partial charge in [0.25, 0.3) is 0 Å². The Morgan fingerprint density at radius 1 is 1.24 bits per heavy atom. The predicted octanol–water partition coefficient (Wildman–Crippen LogP) is 2.61. The number of rotatable bonds is 4. The van der Waals surface area contributed by atoms with Gasteiger partial charge in [0.2, 0.25) is 0 Å². The normalized spacial score (nSPS) is 14.5. The van der Waals surface area contributed by atoms with Gasteiger partial charge in [-0.3, -0.25) is 4.68 Å². The van der Waals surface area contributed by atoms with E-state index in [-0.39, 0.29) is 6.04 Å². The van der Waals surface area contributed by atoms with Gasteiger partial charge in [0.15, 0.2) is 0 Å². The van der Waals surface area contributed by atoms with Crippen LogP contribution in [0, 0.1) is 0 Å². The highest BCUT2D eigenvalue weighted by atomic mass is 15.3. The summed E-state index contributed by atoms with van der Waals surface area (Å²) in [5.74, 6) is 0.339. The van der Waals surface area contributed by atoms with Crippen molar-refractivity contribution < 1.29 is 0 Å². The molecule has 2 aromatic rings. The summed E-state index contributed by atoms with van der Waals surface area (Å²) < 4.78 is 1.86. The number of nitrogens with zero attached hydrogens (tertiary/aromatic N) is 2. The maximum absolute atomic E-state index is 6.37. The van der Waals surface area contributed by atoms with Gasteiger partial charge in [0.1, 0.15) is 0 Å². The summed E-state index contributed by atoms with van der Waals surface area (Å²) in [6.07, 6.45) is 2.82. The Morgan fingerprint density at radius 3 is 2.47 bits per heavy atom. The van der Waals surface area contributed by atoms with Crippen LogP contribution in [-0.4, -0.2) is 9.78 Å². The van der Waals surface area contributed by atoms with Crippen molar-refractivity contribution in [1.29, 1.82) is 0 Å². The van der Waals surface area contributed by atoms with Gasteiger partial charge in [0.05, 0.1) is 11.7 Å². The van der Waals surface area contributed by atoms with Crippen LogP contribution in [0.2, 0.25) is 0 Å². The van der Waals surface area contributed by atoms with E-state index in [1.54, 1.807) is 6.20 Å². The number of benzene rings is 1. The molecule has 90 valence electrons. The van der Waals surface area contributed by atoms with Crippen LogP contribution in [-0.2, 0) is 7.05 Å². The quantitative estimate of drug-likeness (QED) is 0.875. The van der Waals surface area contributed by atoms with E-state index >= 15 is 0 Å². The zero-order valence-electron chi connectivity index (χ0n) is 10.4. The maximum atomic E-state index is 6.37. The van der Waals surface area contributed by atoms with Crippen molar-refractivity contribution in [3.05, 3.63) is 53.9 Å². The van der Waals surface area contributed by atoms with Crippen molar-refractivity contribution in [2.75, 3.05) is 0 Å². The lowest BCUT2D eigenvalue weighted by molar-refractivity contribution is 0.503. The Hall–Kier alpha value is -1.61. The van der Waals surface area contributed by atoms with E-state index in [2.05, 4.69) is 36.3 Å². The van der Waals surface area contributed by atoms with Gasteiger partial charge in [0, 0.05) is 19.2 Å². The lowest BCUT2D eigenvalue weighted by Crippen LogP contribution is -2.22. The predicted molar refractivity (Wildman–Crippen MR) is 69.6 cm³/mol. The monoisotopic (exact) mass is 229 g/mol. The average molecular weight is 229 g/mol. The Balaban J connectivity index is 2.28. The molecule has 0 saturated carbocycles. The largest absolute Gasteiger partial charge is 0.322 e. The molecule has 2 atom stereocenters. The van der Waals surface area contributed by atoms with E-state index in [0.717, 1.165) is 12.1 Å². The topological polar surface area (TPSA) is 43.8 Å².